The molecule has 6 rings (SSSR count). The molecule has 0 heterocycles. The number of hydrogen-bond acceptors (Lipinski definition) is 2. The van der Waals surface area contributed by atoms with Crippen LogP contribution in [0.25, 0.3) is 55.3 Å². The summed E-state index contributed by atoms with van der Waals surface area (Å²) in [6.07, 6.45) is 0. The molecule has 0 aliphatic carbocycles. The minimum Gasteiger partial charge on any atom is -0.429 e. The van der Waals surface area contributed by atoms with Crippen molar-refractivity contribution in [3.63, 3.8) is 0 Å². The molecular weight excluding hydrogens is 451 g/mol. The summed E-state index contributed by atoms with van der Waals surface area (Å²) in [6, 6.07) is 52.1. The van der Waals surface area contributed by atoms with Crippen molar-refractivity contribution in [2.24, 2.45) is 0 Å². The highest BCUT2D eigenvalue weighted by molar-refractivity contribution is 6.18. The Kier molecular flexibility index (Phi) is 7.56. The van der Waals surface area contributed by atoms with Gasteiger partial charge < -0.3 is 10.0 Å². The molecule has 0 bridgehead atoms. The average Bonchev–Trinajstić information content (AvgIpc) is 2.98. The molecule has 0 aliphatic heterocycles. The van der Waals surface area contributed by atoms with Gasteiger partial charge in [-0.1, -0.05) is 146 Å². The third-order valence-corrected chi connectivity index (χ3v) is 6.47. The first-order valence-electron chi connectivity index (χ1n) is 12.2. The summed E-state index contributed by atoms with van der Waals surface area (Å²) < 4.78 is 0. The highest BCUT2D eigenvalue weighted by atomic mass is 16.4. The fraction of sp³-hybridized carbons (Fsp3) is 0. The van der Waals surface area contributed by atoms with E-state index in [9.17, 15) is 0 Å². The summed E-state index contributed by atoms with van der Waals surface area (Å²) in [7, 11) is 0. The van der Waals surface area contributed by atoms with Crippen molar-refractivity contribution in [2.75, 3.05) is 0 Å². The van der Waals surface area contributed by atoms with E-state index < -0.39 is 0 Å². The Labute approximate surface area is 218 Å². The summed E-state index contributed by atoms with van der Waals surface area (Å²) in [4.78, 5) is 0. The molecule has 37 heavy (non-hydrogen) atoms. The van der Waals surface area contributed by atoms with Gasteiger partial charge in [-0.05, 0) is 55.3 Å². The van der Waals surface area contributed by atoms with Gasteiger partial charge in [0.2, 0.25) is 0 Å². The van der Waals surface area contributed by atoms with Crippen LogP contribution in [0.3, 0.4) is 0 Å². The van der Waals surface area contributed by atoms with Gasteiger partial charge in [-0.2, -0.15) is 0 Å². The molecule has 0 aromatic heterocycles. The first-order valence-corrected chi connectivity index (χ1v) is 12.2. The van der Waals surface area contributed by atoms with Crippen LogP contribution in [0.2, 0.25) is 0 Å². The van der Waals surface area contributed by atoms with Gasteiger partial charge in [-0.15, -0.1) is 0 Å². The summed E-state index contributed by atoms with van der Waals surface area (Å²) in [5.41, 5.74) is 10.0. The minimum atomic E-state index is 0. The largest absolute Gasteiger partial charge is 0.482 e. The highest BCUT2D eigenvalue weighted by Gasteiger charge is 2.23. The molecule has 0 atom stereocenters. The molecule has 0 amide bonds. The van der Waals surface area contributed by atoms with Gasteiger partial charge in [0.25, 0.3) is 0 Å². The smallest absolute Gasteiger partial charge is 0.429 e. The first kappa shape index (κ1) is 24.3. The number of rotatable bonds is 4. The lowest BCUT2D eigenvalue weighted by atomic mass is 9.79. The zero-order chi connectivity index (χ0) is 25.5. The maximum absolute atomic E-state index is 7.00. The van der Waals surface area contributed by atoms with Gasteiger partial charge in [-0.3, -0.25) is 0 Å². The van der Waals surface area contributed by atoms with Gasteiger partial charge in [0, 0.05) is 0 Å². The van der Waals surface area contributed by atoms with Crippen molar-refractivity contribution < 1.29 is 10.0 Å². The molecule has 1 radical (unpaired) electrons. The topological polar surface area (TPSA) is 40.5 Å². The predicted molar refractivity (Wildman–Crippen MR) is 156 cm³/mol. The Balaban J connectivity index is 0.000000892. The lowest BCUT2D eigenvalue weighted by molar-refractivity contribution is 0.448. The number of benzene rings is 6. The number of hydrogen-bond donors (Lipinski definition) is 2. The molecular formula is C34H26BO2. The fourth-order valence-electron chi connectivity index (χ4n) is 5.03. The maximum Gasteiger partial charge on any atom is 0.482 e. The zero-order valence-electron chi connectivity index (χ0n) is 20.3. The van der Waals surface area contributed by atoms with Crippen molar-refractivity contribution in [1.29, 1.82) is 0 Å². The molecule has 2 nitrogen and oxygen atoms in total. The maximum atomic E-state index is 7.00. The standard InChI is InChI=1S/C34H24.BH2O2/c1-5-15-25(16-6-1)31-29-23-13-14-24-30(29)32(26-17-7-2-8-18-26)34(28-21-11-4-12-22-28)33(31)27-19-9-3-10-20-27;2-1-3/h1-24H;2-3H. The third kappa shape index (κ3) is 4.96. The summed E-state index contributed by atoms with van der Waals surface area (Å²) >= 11 is 0. The van der Waals surface area contributed by atoms with Crippen molar-refractivity contribution in [3.8, 4) is 44.5 Å². The van der Waals surface area contributed by atoms with Crippen molar-refractivity contribution in [2.45, 2.75) is 0 Å². The van der Waals surface area contributed by atoms with E-state index >= 15 is 0 Å². The molecule has 0 saturated heterocycles. The van der Waals surface area contributed by atoms with Gasteiger partial charge in [0.1, 0.15) is 0 Å². The molecule has 0 aliphatic rings. The molecule has 6 aromatic carbocycles. The molecule has 0 spiro atoms. The van der Waals surface area contributed by atoms with Crippen LogP contribution in [0.4, 0.5) is 0 Å². The Morgan fingerprint density at radius 3 is 0.784 bits per heavy atom. The van der Waals surface area contributed by atoms with E-state index in [0.717, 1.165) is 0 Å². The summed E-state index contributed by atoms with van der Waals surface area (Å²) in [5.74, 6) is 0. The predicted octanol–water partition coefficient (Wildman–Crippen LogP) is 8.01. The second kappa shape index (κ2) is 11.5. The van der Waals surface area contributed by atoms with E-state index in [1.807, 2.05) is 0 Å². The van der Waals surface area contributed by atoms with Crippen LogP contribution in [0.5, 0.6) is 0 Å². The molecule has 3 heteroatoms. The van der Waals surface area contributed by atoms with Crippen LogP contribution >= 0.6 is 0 Å². The van der Waals surface area contributed by atoms with E-state index in [-0.39, 0.29) is 7.69 Å². The zero-order valence-corrected chi connectivity index (χ0v) is 20.3. The van der Waals surface area contributed by atoms with Crippen molar-refractivity contribution >= 4 is 18.5 Å². The molecule has 0 saturated carbocycles. The molecule has 177 valence electrons. The molecule has 6 aromatic rings. The van der Waals surface area contributed by atoms with Gasteiger partial charge in [-0.25, -0.2) is 0 Å². The van der Waals surface area contributed by atoms with E-state index in [2.05, 4.69) is 146 Å². The van der Waals surface area contributed by atoms with Crippen LogP contribution < -0.4 is 0 Å². The molecule has 2 N–H and O–H groups in total. The highest BCUT2D eigenvalue weighted by Crippen LogP contribution is 2.50. The SMILES string of the molecule is O[B]O.c1ccc(-c2c(-c3ccccc3)c(-c3ccccc3)c3ccccc3c2-c2ccccc2)cc1. The summed E-state index contributed by atoms with van der Waals surface area (Å²) in [5, 5.41) is 16.5. The Hall–Kier alpha value is -4.44. The Bertz CT molecular complexity index is 1460. The monoisotopic (exact) mass is 477 g/mol. The van der Waals surface area contributed by atoms with E-state index in [1.54, 1.807) is 0 Å². The average molecular weight is 477 g/mol. The Morgan fingerprint density at radius 1 is 0.297 bits per heavy atom. The second-order valence-corrected chi connectivity index (χ2v) is 8.63. The van der Waals surface area contributed by atoms with E-state index in [0.29, 0.717) is 0 Å². The molecule has 0 fully saturated rings. The van der Waals surface area contributed by atoms with E-state index in [1.165, 1.54) is 55.3 Å². The lowest BCUT2D eigenvalue weighted by Crippen LogP contribution is -1.97. The summed E-state index contributed by atoms with van der Waals surface area (Å²) in [6.45, 7) is 0. The lowest BCUT2D eigenvalue weighted by Gasteiger charge is -2.24. The van der Waals surface area contributed by atoms with Gasteiger partial charge in [0.15, 0.2) is 0 Å². The van der Waals surface area contributed by atoms with Crippen LogP contribution in [0.15, 0.2) is 146 Å². The fourth-order valence-corrected chi connectivity index (χ4v) is 5.03. The Morgan fingerprint density at radius 2 is 0.514 bits per heavy atom. The van der Waals surface area contributed by atoms with Crippen LogP contribution in [0.1, 0.15) is 0 Å². The van der Waals surface area contributed by atoms with Crippen LogP contribution in [-0.4, -0.2) is 17.7 Å². The van der Waals surface area contributed by atoms with Crippen LogP contribution in [-0.2, 0) is 0 Å². The van der Waals surface area contributed by atoms with E-state index in [4.69, 9.17) is 10.0 Å². The van der Waals surface area contributed by atoms with Crippen molar-refractivity contribution in [1.82, 2.24) is 0 Å². The van der Waals surface area contributed by atoms with Crippen LogP contribution in [0, 0.1) is 0 Å². The van der Waals surface area contributed by atoms with Crippen molar-refractivity contribution in [3.05, 3.63) is 146 Å². The van der Waals surface area contributed by atoms with Gasteiger partial charge in [0.05, 0.1) is 0 Å². The normalized spacial score (nSPS) is 10.4. The first-order chi connectivity index (χ1) is 18.3. The third-order valence-electron chi connectivity index (χ3n) is 6.47. The minimum absolute atomic E-state index is 0. The quantitative estimate of drug-likeness (QED) is 0.253. The second-order valence-electron chi connectivity index (χ2n) is 8.63. The number of fused-ring (bicyclic) bond motifs is 1. The molecule has 0 unspecified atom stereocenters. The van der Waals surface area contributed by atoms with Gasteiger partial charge >= 0.3 is 7.69 Å².